The highest BCUT2D eigenvalue weighted by Gasteiger charge is 2.69. The topological polar surface area (TPSA) is 76.9 Å². The van der Waals surface area contributed by atoms with Crippen LogP contribution in [0.25, 0.3) is 11.3 Å². The molecule has 8 nitrogen and oxygen atoms in total. The van der Waals surface area contributed by atoms with Crippen molar-refractivity contribution >= 4 is 0 Å². The minimum Gasteiger partial charge on any atom is -0.350 e. The Morgan fingerprint density at radius 1 is 1.09 bits per heavy atom. The van der Waals surface area contributed by atoms with Crippen LogP contribution >= 0.6 is 0 Å². The Hall–Kier alpha value is -1.84. The molecule has 8 rings (SSSR count). The highest BCUT2D eigenvalue weighted by molar-refractivity contribution is 5.67. The van der Waals surface area contributed by atoms with E-state index in [0.717, 1.165) is 37.8 Å². The van der Waals surface area contributed by atoms with Crippen molar-refractivity contribution in [2.45, 2.75) is 89.8 Å². The quantitative estimate of drug-likeness (QED) is 0.604. The summed E-state index contributed by atoms with van der Waals surface area (Å²) in [5.41, 5.74) is 4.19. The number of nitrogens with zero attached hydrogens (tertiary/aromatic N) is 3. The van der Waals surface area contributed by atoms with Crippen molar-refractivity contribution in [3.8, 4) is 11.3 Å². The van der Waals surface area contributed by atoms with Crippen LogP contribution in [0, 0.1) is 23.7 Å². The van der Waals surface area contributed by atoms with Gasteiger partial charge in [-0.3, -0.25) is 0 Å². The molecule has 1 spiro atoms. The number of fused-ring (bicyclic) bond motifs is 5. The largest absolute Gasteiger partial charge is 0.350 e. The molecule has 1 aromatic carbocycles. The molecule has 4 saturated heterocycles. The minimum atomic E-state index is -0.765. The van der Waals surface area contributed by atoms with Crippen molar-refractivity contribution in [3.05, 3.63) is 35.5 Å². The van der Waals surface area contributed by atoms with Gasteiger partial charge in [-0.05, 0) is 56.4 Å². The molecule has 6 aliphatic rings. The predicted molar refractivity (Wildman–Crippen MR) is 126 cm³/mol. The number of hydrogen-bond donors (Lipinski definition) is 0. The van der Waals surface area contributed by atoms with E-state index in [4.69, 9.17) is 24.0 Å². The lowest BCUT2D eigenvalue weighted by Crippen LogP contribution is -2.70. The van der Waals surface area contributed by atoms with E-state index in [2.05, 4.69) is 48.4 Å². The Bertz CT molecular complexity index is 1120. The highest BCUT2D eigenvalue weighted by Crippen LogP contribution is 2.60. The lowest BCUT2D eigenvalue weighted by Gasteiger charge is -2.60. The summed E-state index contributed by atoms with van der Waals surface area (Å²) in [6.45, 7) is 7.67. The molecule has 1 saturated carbocycles. The fraction of sp³-hybridized carbons (Fsp3) is 0.704. The number of ether oxygens (including phenoxy) is 3. The Morgan fingerprint density at radius 3 is 2.89 bits per heavy atom. The third kappa shape index (κ3) is 3.30. The second-order valence-corrected chi connectivity index (χ2v) is 11.4. The molecule has 0 radical (unpaired) electrons. The van der Waals surface area contributed by atoms with E-state index in [1.807, 2.05) is 11.6 Å². The smallest absolute Gasteiger partial charge is 0.201 e. The number of hydrogen-bond acceptors (Lipinski definition) is 7. The van der Waals surface area contributed by atoms with Crippen LogP contribution in [-0.4, -0.2) is 45.6 Å². The highest BCUT2D eigenvalue weighted by atomic mass is 17.3. The van der Waals surface area contributed by atoms with Gasteiger partial charge in [0.25, 0.3) is 0 Å². The standard InChI is InChI=1S/C27H35N3O5/c1-16-8-10-21-17(2)24(32-25-27(21)20(16)12-13-26(3,33-25)34-35-27)31-15-14-30-22-11-9-18-6-4-5-7-19(18)23(22)28-29-30/h4-7,16-17,20-21,24-25H,8-15H2,1-3H3/t16-,17-,20+,21+,24?,25-,26-,27-/m1/s1. The molecule has 0 amide bonds. The fourth-order valence-electron chi connectivity index (χ4n) is 7.51. The SMILES string of the molecule is C[C@@H]1CC[C@H]2[C@@H](C)C(OCCn3nnc4c3CCc3ccccc3-4)O[C@@H]3O[C@@]4(C)CC[C@@H]1[C@]32OO4. The zero-order valence-electron chi connectivity index (χ0n) is 20.8. The first-order valence-corrected chi connectivity index (χ1v) is 13.3. The van der Waals surface area contributed by atoms with Gasteiger partial charge in [-0.25, -0.2) is 14.5 Å². The van der Waals surface area contributed by atoms with Crippen LogP contribution in [0.2, 0.25) is 0 Å². The van der Waals surface area contributed by atoms with Gasteiger partial charge in [0.2, 0.25) is 5.79 Å². The zero-order chi connectivity index (χ0) is 23.8. The maximum atomic E-state index is 6.54. The number of aryl methyl sites for hydroxylation is 1. The second-order valence-electron chi connectivity index (χ2n) is 11.4. The van der Waals surface area contributed by atoms with Crippen LogP contribution in [-0.2, 0) is 43.4 Å². The Kier molecular flexibility index (Phi) is 5.16. The van der Waals surface area contributed by atoms with Crippen LogP contribution in [0.3, 0.4) is 0 Å². The molecule has 2 aliphatic carbocycles. The third-order valence-electron chi connectivity index (χ3n) is 9.42. The first-order valence-electron chi connectivity index (χ1n) is 13.3. The fourth-order valence-corrected chi connectivity index (χ4v) is 7.51. The normalized spacial score (nSPS) is 41.6. The van der Waals surface area contributed by atoms with Gasteiger partial charge >= 0.3 is 0 Å². The lowest BCUT2D eigenvalue weighted by molar-refractivity contribution is -0.577. The van der Waals surface area contributed by atoms with E-state index in [0.29, 0.717) is 25.0 Å². The molecule has 8 atom stereocenters. The third-order valence-corrected chi connectivity index (χ3v) is 9.42. The molecule has 2 aromatic rings. The average Bonchev–Trinajstić information content (AvgIpc) is 3.14. The monoisotopic (exact) mass is 481 g/mol. The van der Waals surface area contributed by atoms with Crippen LogP contribution in [0.5, 0.6) is 0 Å². The number of aromatic nitrogens is 3. The zero-order valence-corrected chi connectivity index (χ0v) is 20.8. The summed E-state index contributed by atoms with van der Waals surface area (Å²) in [5, 5.41) is 8.96. The van der Waals surface area contributed by atoms with E-state index in [1.165, 1.54) is 23.2 Å². The van der Waals surface area contributed by atoms with Gasteiger partial charge in [-0.2, -0.15) is 0 Å². The summed E-state index contributed by atoms with van der Waals surface area (Å²) >= 11 is 0. The molecule has 188 valence electrons. The first kappa shape index (κ1) is 22.4. The van der Waals surface area contributed by atoms with E-state index >= 15 is 0 Å². The maximum absolute atomic E-state index is 6.54. The summed E-state index contributed by atoms with van der Waals surface area (Å²) in [7, 11) is 0. The molecule has 0 N–H and O–H groups in total. The van der Waals surface area contributed by atoms with E-state index in [1.54, 1.807) is 0 Å². The van der Waals surface area contributed by atoms with Crippen molar-refractivity contribution < 1.29 is 24.0 Å². The van der Waals surface area contributed by atoms with Gasteiger partial charge < -0.3 is 14.2 Å². The van der Waals surface area contributed by atoms with Gasteiger partial charge in [0.05, 0.1) is 18.8 Å². The number of benzene rings is 1. The van der Waals surface area contributed by atoms with Crippen molar-refractivity contribution in [1.29, 1.82) is 0 Å². The molecule has 8 heteroatoms. The van der Waals surface area contributed by atoms with Crippen LogP contribution in [0.1, 0.15) is 57.7 Å². The van der Waals surface area contributed by atoms with Gasteiger partial charge in [0.1, 0.15) is 5.69 Å². The van der Waals surface area contributed by atoms with Gasteiger partial charge in [-0.15, -0.1) is 5.10 Å². The predicted octanol–water partition coefficient (Wildman–Crippen LogP) is 4.27. The van der Waals surface area contributed by atoms with Crippen LogP contribution < -0.4 is 0 Å². The molecule has 5 fully saturated rings. The molecule has 1 unspecified atom stereocenters. The van der Waals surface area contributed by atoms with Crippen molar-refractivity contribution in [1.82, 2.24) is 15.0 Å². The average molecular weight is 482 g/mol. The Balaban J connectivity index is 1.08. The summed E-state index contributed by atoms with van der Waals surface area (Å²) in [6.07, 6.45) is 5.25. The maximum Gasteiger partial charge on any atom is 0.201 e. The molecule has 4 aliphatic heterocycles. The molecular formula is C27H35N3O5. The molecule has 1 aromatic heterocycles. The lowest BCUT2D eigenvalue weighted by atomic mass is 9.58. The summed E-state index contributed by atoms with van der Waals surface area (Å²) in [4.78, 5) is 12.1. The van der Waals surface area contributed by atoms with Crippen molar-refractivity contribution in [2.75, 3.05) is 6.61 Å². The van der Waals surface area contributed by atoms with E-state index in [9.17, 15) is 0 Å². The molecular weight excluding hydrogens is 446 g/mol. The molecule has 2 bridgehead atoms. The molecule has 5 heterocycles. The van der Waals surface area contributed by atoms with Gasteiger partial charge in [0.15, 0.2) is 18.2 Å². The molecule has 35 heavy (non-hydrogen) atoms. The van der Waals surface area contributed by atoms with Crippen LogP contribution in [0.4, 0.5) is 0 Å². The van der Waals surface area contributed by atoms with E-state index in [-0.39, 0.29) is 18.1 Å². The first-order chi connectivity index (χ1) is 17.0. The van der Waals surface area contributed by atoms with Crippen LogP contribution in [0.15, 0.2) is 24.3 Å². The summed E-state index contributed by atoms with van der Waals surface area (Å²) < 4.78 is 21.4. The minimum absolute atomic E-state index is 0.174. The van der Waals surface area contributed by atoms with Crippen molar-refractivity contribution in [3.63, 3.8) is 0 Å². The van der Waals surface area contributed by atoms with Gasteiger partial charge in [0, 0.05) is 23.8 Å². The second kappa shape index (κ2) is 8.08. The summed E-state index contributed by atoms with van der Waals surface area (Å²) in [5.74, 6) is 0.596. The Morgan fingerprint density at radius 2 is 1.97 bits per heavy atom. The Labute approximate surface area is 206 Å². The van der Waals surface area contributed by atoms with Gasteiger partial charge in [-0.1, -0.05) is 43.3 Å². The summed E-state index contributed by atoms with van der Waals surface area (Å²) in [6, 6.07) is 8.48. The number of rotatable bonds is 4. The van der Waals surface area contributed by atoms with Crippen molar-refractivity contribution in [2.24, 2.45) is 23.7 Å². The van der Waals surface area contributed by atoms with E-state index < -0.39 is 17.7 Å².